The van der Waals surface area contributed by atoms with E-state index in [9.17, 15) is 4.79 Å². The third-order valence-corrected chi connectivity index (χ3v) is 2.73. The van der Waals surface area contributed by atoms with E-state index in [2.05, 4.69) is 13.8 Å². The fourth-order valence-corrected chi connectivity index (χ4v) is 1.53. The van der Waals surface area contributed by atoms with Crippen LogP contribution in [0.25, 0.3) is 0 Å². The molecule has 13 heavy (non-hydrogen) atoms. The molecule has 0 aromatic heterocycles. The van der Waals surface area contributed by atoms with Crippen molar-refractivity contribution in [3.05, 3.63) is 0 Å². The van der Waals surface area contributed by atoms with Gasteiger partial charge in [-0.2, -0.15) is 0 Å². The van der Waals surface area contributed by atoms with E-state index < -0.39 is 5.97 Å². The van der Waals surface area contributed by atoms with Crippen molar-refractivity contribution in [2.45, 2.75) is 46.1 Å². The molecule has 0 bridgehead atoms. The predicted octanol–water partition coefficient (Wildman–Crippen LogP) is 1.86. The Morgan fingerprint density at radius 3 is 2.38 bits per heavy atom. The zero-order valence-electron chi connectivity index (χ0n) is 8.79. The third kappa shape index (κ3) is 4.88. The summed E-state index contributed by atoms with van der Waals surface area (Å²) in [5, 5.41) is 8.56. The number of carboxylic acids is 1. The lowest BCUT2D eigenvalue weighted by atomic mass is 9.85. The van der Waals surface area contributed by atoms with Crippen LogP contribution in [0.15, 0.2) is 0 Å². The lowest BCUT2D eigenvalue weighted by molar-refractivity contribution is -0.137. The largest absolute Gasteiger partial charge is 0.481 e. The first-order chi connectivity index (χ1) is 5.99. The Labute approximate surface area is 80.3 Å². The van der Waals surface area contributed by atoms with Gasteiger partial charge in [0, 0.05) is 6.04 Å². The van der Waals surface area contributed by atoms with Crippen LogP contribution in [0.5, 0.6) is 0 Å². The average molecular weight is 187 g/mol. The highest BCUT2D eigenvalue weighted by Crippen LogP contribution is 2.20. The van der Waals surface area contributed by atoms with Gasteiger partial charge in [0.2, 0.25) is 0 Å². The molecule has 3 atom stereocenters. The summed E-state index contributed by atoms with van der Waals surface area (Å²) in [6.07, 6.45) is 2.33. The molecule has 0 heterocycles. The van der Waals surface area contributed by atoms with E-state index in [0.717, 1.165) is 12.8 Å². The molecule has 0 aliphatic carbocycles. The van der Waals surface area contributed by atoms with Gasteiger partial charge < -0.3 is 10.8 Å². The van der Waals surface area contributed by atoms with Gasteiger partial charge in [-0.05, 0) is 11.8 Å². The summed E-state index contributed by atoms with van der Waals surface area (Å²) in [5.41, 5.74) is 5.77. The second-order valence-corrected chi connectivity index (χ2v) is 3.89. The fraction of sp³-hybridized carbons (Fsp3) is 0.900. The Bertz CT molecular complexity index is 159. The van der Waals surface area contributed by atoms with Crippen molar-refractivity contribution in [2.24, 2.45) is 17.6 Å². The van der Waals surface area contributed by atoms with Gasteiger partial charge in [0.15, 0.2) is 0 Å². The van der Waals surface area contributed by atoms with E-state index in [1.165, 1.54) is 0 Å². The van der Waals surface area contributed by atoms with E-state index >= 15 is 0 Å². The Morgan fingerprint density at radius 2 is 2.00 bits per heavy atom. The maximum absolute atomic E-state index is 10.4. The van der Waals surface area contributed by atoms with Gasteiger partial charge in [0.25, 0.3) is 0 Å². The smallest absolute Gasteiger partial charge is 0.304 e. The van der Waals surface area contributed by atoms with Gasteiger partial charge in [0.1, 0.15) is 0 Å². The molecule has 0 radical (unpaired) electrons. The molecule has 0 aliphatic heterocycles. The lowest BCUT2D eigenvalue weighted by Crippen LogP contribution is -2.34. The topological polar surface area (TPSA) is 63.3 Å². The molecule has 0 aromatic carbocycles. The first-order valence-corrected chi connectivity index (χ1v) is 4.96. The summed E-state index contributed by atoms with van der Waals surface area (Å²) >= 11 is 0. The zero-order chi connectivity index (χ0) is 10.4. The van der Waals surface area contributed by atoms with E-state index in [4.69, 9.17) is 10.8 Å². The summed E-state index contributed by atoms with van der Waals surface area (Å²) in [7, 11) is 0. The second-order valence-electron chi connectivity index (χ2n) is 3.89. The molecule has 0 fully saturated rings. The van der Waals surface area contributed by atoms with Crippen molar-refractivity contribution >= 4 is 5.97 Å². The van der Waals surface area contributed by atoms with Crippen molar-refractivity contribution in [2.75, 3.05) is 0 Å². The maximum atomic E-state index is 10.4. The average Bonchev–Trinajstić information content (AvgIpc) is 2.02. The minimum Gasteiger partial charge on any atom is -0.481 e. The molecule has 0 aromatic rings. The fourth-order valence-electron chi connectivity index (χ4n) is 1.53. The number of carbonyl (C=O) groups is 1. The molecule has 3 heteroatoms. The Kier molecular flexibility index (Phi) is 5.71. The number of hydrogen-bond acceptors (Lipinski definition) is 2. The number of rotatable bonds is 6. The molecule has 0 spiro atoms. The minimum atomic E-state index is -0.803. The lowest BCUT2D eigenvalue weighted by Gasteiger charge is -2.24. The molecule has 0 aliphatic rings. The number of nitrogens with two attached hydrogens (primary N) is 1. The van der Waals surface area contributed by atoms with Crippen LogP contribution < -0.4 is 5.73 Å². The number of hydrogen-bond donors (Lipinski definition) is 2. The van der Waals surface area contributed by atoms with Gasteiger partial charge in [-0.1, -0.05) is 33.6 Å². The molecule has 3 N–H and O–H groups in total. The number of aliphatic carboxylic acids is 1. The van der Waals surface area contributed by atoms with Crippen molar-refractivity contribution in [1.82, 2.24) is 0 Å². The highest BCUT2D eigenvalue weighted by atomic mass is 16.4. The monoisotopic (exact) mass is 187 g/mol. The van der Waals surface area contributed by atoms with Crippen LogP contribution in [0, 0.1) is 11.8 Å². The van der Waals surface area contributed by atoms with Crippen molar-refractivity contribution in [3.8, 4) is 0 Å². The van der Waals surface area contributed by atoms with Crippen LogP contribution in [-0.2, 0) is 4.79 Å². The molecule has 0 saturated carbocycles. The van der Waals surface area contributed by atoms with Gasteiger partial charge in [-0.15, -0.1) is 0 Å². The van der Waals surface area contributed by atoms with Gasteiger partial charge in [-0.25, -0.2) is 0 Å². The van der Waals surface area contributed by atoms with Crippen molar-refractivity contribution in [3.63, 3.8) is 0 Å². The van der Waals surface area contributed by atoms with Crippen LogP contribution in [-0.4, -0.2) is 17.1 Å². The molecule has 0 amide bonds. The Morgan fingerprint density at radius 1 is 1.46 bits per heavy atom. The Hall–Kier alpha value is -0.570. The third-order valence-electron chi connectivity index (χ3n) is 2.73. The van der Waals surface area contributed by atoms with Crippen LogP contribution in [0.2, 0.25) is 0 Å². The molecule has 0 saturated heterocycles. The van der Waals surface area contributed by atoms with Crippen molar-refractivity contribution < 1.29 is 9.90 Å². The van der Waals surface area contributed by atoms with E-state index in [1.54, 1.807) is 0 Å². The molecular formula is C10H21NO2. The standard InChI is InChI=1S/C10H21NO2/c1-4-5-7(2)8(3)9(11)6-10(12)13/h7-9H,4-6,11H2,1-3H3,(H,12,13)/t7-,8-,9+/m1/s1. The first kappa shape index (κ1) is 12.4. The van der Waals surface area contributed by atoms with E-state index in [0.29, 0.717) is 5.92 Å². The van der Waals surface area contributed by atoms with Gasteiger partial charge in [0.05, 0.1) is 6.42 Å². The predicted molar refractivity (Wildman–Crippen MR) is 53.5 cm³/mol. The summed E-state index contributed by atoms with van der Waals surface area (Å²) in [5.74, 6) is -0.00144. The van der Waals surface area contributed by atoms with Gasteiger partial charge in [-0.3, -0.25) is 4.79 Å². The first-order valence-electron chi connectivity index (χ1n) is 4.96. The zero-order valence-corrected chi connectivity index (χ0v) is 8.79. The summed E-state index contributed by atoms with van der Waals surface area (Å²) < 4.78 is 0. The highest BCUT2D eigenvalue weighted by molar-refractivity contribution is 5.67. The minimum absolute atomic E-state index is 0.0786. The quantitative estimate of drug-likeness (QED) is 0.667. The summed E-state index contributed by atoms with van der Waals surface area (Å²) in [6, 6.07) is -0.209. The Balaban J connectivity index is 3.92. The van der Waals surface area contributed by atoms with Crippen LogP contribution >= 0.6 is 0 Å². The highest BCUT2D eigenvalue weighted by Gasteiger charge is 2.20. The van der Waals surface area contributed by atoms with Crippen LogP contribution in [0.1, 0.15) is 40.0 Å². The summed E-state index contributed by atoms with van der Waals surface area (Å²) in [6.45, 7) is 6.30. The normalized spacial score (nSPS) is 17.8. The van der Waals surface area contributed by atoms with Crippen LogP contribution in [0.3, 0.4) is 0 Å². The van der Waals surface area contributed by atoms with E-state index in [1.807, 2.05) is 6.92 Å². The van der Waals surface area contributed by atoms with E-state index in [-0.39, 0.29) is 18.4 Å². The molecule has 0 unspecified atom stereocenters. The van der Waals surface area contributed by atoms with Crippen LogP contribution in [0.4, 0.5) is 0 Å². The van der Waals surface area contributed by atoms with Crippen molar-refractivity contribution in [1.29, 1.82) is 0 Å². The van der Waals surface area contributed by atoms with Gasteiger partial charge >= 0.3 is 5.97 Å². The molecule has 0 rings (SSSR count). The maximum Gasteiger partial charge on any atom is 0.304 e. The molecular weight excluding hydrogens is 166 g/mol. The molecule has 3 nitrogen and oxygen atoms in total. The number of carboxylic acid groups (broad SMARTS) is 1. The second kappa shape index (κ2) is 5.97. The molecule has 78 valence electrons. The SMILES string of the molecule is CCC[C@@H](C)[C@@H](C)[C@@H](N)CC(=O)O. The summed E-state index contributed by atoms with van der Waals surface area (Å²) in [4.78, 5) is 10.4.